The van der Waals surface area contributed by atoms with Gasteiger partial charge in [-0.05, 0) is 57.9 Å². The molecular formula is C25H17BrFN5O3S. The van der Waals surface area contributed by atoms with Crippen LogP contribution in [0.2, 0.25) is 0 Å². The average molecular weight is 566 g/mol. The first-order valence-electron chi connectivity index (χ1n) is 10.7. The fourth-order valence-electron chi connectivity index (χ4n) is 3.35. The highest BCUT2D eigenvalue weighted by Gasteiger charge is 2.27. The van der Waals surface area contributed by atoms with Crippen molar-refractivity contribution in [3.8, 4) is 11.5 Å². The van der Waals surface area contributed by atoms with Gasteiger partial charge in [-0.2, -0.15) is 0 Å². The highest BCUT2D eigenvalue weighted by atomic mass is 79.9. The number of ketones is 1. The number of nitrogens with one attached hydrogen (secondary N) is 1. The standard InChI is InChI=1S/C25H17BrFN5O3S/c26-20-15(9-19-22(33)17-5-3-7-29-24(17)36-19)8-18(23(34)21(20)27)35-13-14-10-30-25(31-11-14)32-12-16-4-1-2-6-28-16/h1-11,34H,12-13H2,(H,30,31,32)/b19-9-. The topological polar surface area (TPSA) is 110 Å². The second-order valence-corrected chi connectivity index (χ2v) is 9.44. The van der Waals surface area contributed by atoms with Gasteiger partial charge in [0, 0.05) is 30.4 Å². The minimum Gasteiger partial charge on any atom is -0.502 e. The van der Waals surface area contributed by atoms with Crippen molar-refractivity contribution in [3.63, 3.8) is 0 Å². The third-order valence-corrected chi connectivity index (χ3v) is 7.01. The van der Waals surface area contributed by atoms with E-state index >= 15 is 0 Å². The summed E-state index contributed by atoms with van der Waals surface area (Å²) < 4.78 is 20.4. The summed E-state index contributed by atoms with van der Waals surface area (Å²) in [5.74, 6) is -1.39. The van der Waals surface area contributed by atoms with E-state index in [0.29, 0.717) is 39.1 Å². The van der Waals surface area contributed by atoms with E-state index in [1.165, 1.54) is 17.8 Å². The van der Waals surface area contributed by atoms with Crippen LogP contribution in [0.15, 0.2) is 75.6 Å². The number of rotatable bonds is 7. The quantitative estimate of drug-likeness (QED) is 0.285. The van der Waals surface area contributed by atoms with Crippen LogP contribution in [0.1, 0.15) is 27.2 Å². The molecule has 4 heterocycles. The van der Waals surface area contributed by atoms with Gasteiger partial charge in [0.05, 0.1) is 27.2 Å². The summed E-state index contributed by atoms with van der Waals surface area (Å²) in [6, 6.07) is 10.5. The number of nitrogens with zero attached hydrogens (tertiary/aromatic N) is 4. The molecule has 0 spiro atoms. The maximum absolute atomic E-state index is 14.7. The number of allylic oxidation sites excluding steroid dienone is 1. The molecule has 0 saturated carbocycles. The third kappa shape index (κ3) is 5.07. The molecule has 0 amide bonds. The summed E-state index contributed by atoms with van der Waals surface area (Å²) in [4.78, 5) is 30.0. The fraction of sp³-hybridized carbons (Fsp3) is 0.0800. The van der Waals surface area contributed by atoms with E-state index in [1.807, 2.05) is 18.2 Å². The molecule has 0 fully saturated rings. The second kappa shape index (κ2) is 10.4. The predicted octanol–water partition coefficient (Wildman–Crippen LogP) is 5.39. The van der Waals surface area contributed by atoms with E-state index in [0.717, 1.165) is 5.69 Å². The molecule has 0 unspecified atom stereocenters. The van der Waals surface area contributed by atoms with Crippen molar-refractivity contribution in [1.29, 1.82) is 0 Å². The Kier molecular flexibility index (Phi) is 6.92. The number of hydrogen-bond donors (Lipinski definition) is 2. The summed E-state index contributed by atoms with van der Waals surface area (Å²) in [6.07, 6.45) is 8.00. The predicted molar refractivity (Wildman–Crippen MR) is 136 cm³/mol. The number of carbonyl (C=O) groups excluding carboxylic acids is 1. The molecule has 180 valence electrons. The van der Waals surface area contributed by atoms with Crippen LogP contribution in [-0.4, -0.2) is 30.8 Å². The number of aromatic nitrogens is 4. The number of fused-ring (bicyclic) bond motifs is 1. The van der Waals surface area contributed by atoms with Crippen molar-refractivity contribution in [2.45, 2.75) is 18.2 Å². The number of pyridine rings is 2. The zero-order chi connectivity index (χ0) is 25.1. The summed E-state index contributed by atoms with van der Waals surface area (Å²) in [5, 5.41) is 13.9. The van der Waals surface area contributed by atoms with E-state index in [-0.39, 0.29) is 22.6 Å². The summed E-state index contributed by atoms with van der Waals surface area (Å²) >= 11 is 4.37. The zero-order valence-electron chi connectivity index (χ0n) is 18.5. The van der Waals surface area contributed by atoms with Crippen LogP contribution >= 0.6 is 27.7 Å². The maximum atomic E-state index is 14.7. The number of aromatic hydroxyl groups is 1. The largest absolute Gasteiger partial charge is 0.502 e. The number of thioether (sulfide) groups is 1. The highest BCUT2D eigenvalue weighted by Crippen LogP contribution is 2.42. The molecule has 1 aliphatic heterocycles. The number of halogens is 2. The van der Waals surface area contributed by atoms with Gasteiger partial charge < -0.3 is 15.2 Å². The smallest absolute Gasteiger partial charge is 0.222 e. The second-order valence-electron chi connectivity index (χ2n) is 7.61. The first-order valence-corrected chi connectivity index (χ1v) is 12.3. The lowest BCUT2D eigenvalue weighted by Crippen LogP contribution is -2.06. The normalized spacial score (nSPS) is 13.6. The van der Waals surface area contributed by atoms with Gasteiger partial charge in [0.2, 0.25) is 11.7 Å². The molecule has 11 heteroatoms. The Labute approximate surface area is 217 Å². The first kappa shape index (κ1) is 23.9. The Balaban J connectivity index is 1.29. The number of Topliss-reactive ketones (excluding diaryl/α,β-unsaturated/α-hetero) is 1. The summed E-state index contributed by atoms with van der Waals surface area (Å²) in [6.45, 7) is 0.469. The molecule has 0 saturated heterocycles. The zero-order valence-corrected chi connectivity index (χ0v) is 20.9. The number of carbonyl (C=O) groups is 1. The third-order valence-electron chi connectivity index (χ3n) is 5.16. The molecular weight excluding hydrogens is 549 g/mol. The first-order chi connectivity index (χ1) is 17.5. The van der Waals surface area contributed by atoms with Crippen LogP contribution in [0.25, 0.3) is 6.08 Å². The van der Waals surface area contributed by atoms with E-state index in [1.54, 1.807) is 43.0 Å². The minimum atomic E-state index is -0.893. The molecule has 1 aromatic carbocycles. The van der Waals surface area contributed by atoms with Crippen LogP contribution in [0.5, 0.6) is 11.5 Å². The van der Waals surface area contributed by atoms with E-state index in [2.05, 4.69) is 41.2 Å². The summed E-state index contributed by atoms with van der Waals surface area (Å²) in [5.41, 5.74) is 2.31. The van der Waals surface area contributed by atoms with Gasteiger partial charge in [-0.15, -0.1) is 0 Å². The Bertz CT molecular complexity index is 1470. The number of phenolic OH excluding ortho intramolecular Hbond substituents is 1. The van der Waals surface area contributed by atoms with E-state index < -0.39 is 11.6 Å². The molecule has 0 radical (unpaired) electrons. The van der Waals surface area contributed by atoms with Gasteiger partial charge in [0.15, 0.2) is 17.3 Å². The van der Waals surface area contributed by atoms with Crippen molar-refractivity contribution in [1.82, 2.24) is 19.9 Å². The Morgan fingerprint density at radius 3 is 2.67 bits per heavy atom. The number of phenols is 1. The number of ether oxygens (including phenoxy) is 1. The monoisotopic (exact) mass is 565 g/mol. The molecule has 8 nitrogen and oxygen atoms in total. The van der Waals surface area contributed by atoms with Gasteiger partial charge in [0.1, 0.15) is 11.6 Å². The van der Waals surface area contributed by atoms with Gasteiger partial charge in [-0.3, -0.25) is 9.78 Å². The lowest BCUT2D eigenvalue weighted by Gasteiger charge is -2.12. The lowest BCUT2D eigenvalue weighted by atomic mass is 10.1. The molecule has 36 heavy (non-hydrogen) atoms. The van der Waals surface area contributed by atoms with Crippen LogP contribution < -0.4 is 10.1 Å². The van der Waals surface area contributed by atoms with Gasteiger partial charge in [-0.25, -0.2) is 19.3 Å². The van der Waals surface area contributed by atoms with Crippen LogP contribution in [-0.2, 0) is 13.2 Å². The maximum Gasteiger partial charge on any atom is 0.222 e. The van der Waals surface area contributed by atoms with E-state index in [4.69, 9.17) is 4.74 Å². The van der Waals surface area contributed by atoms with Crippen molar-refractivity contribution in [2.24, 2.45) is 0 Å². The van der Waals surface area contributed by atoms with E-state index in [9.17, 15) is 14.3 Å². The minimum absolute atomic E-state index is 0.00575. The van der Waals surface area contributed by atoms with Crippen molar-refractivity contribution in [2.75, 3.05) is 5.32 Å². The average Bonchev–Trinajstić information content (AvgIpc) is 3.23. The van der Waals surface area contributed by atoms with Gasteiger partial charge in [-0.1, -0.05) is 17.8 Å². The van der Waals surface area contributed by atoms with Crippen LogP contribution in [0.3, 0.4) is 0 Å². The number of benzene rings is 1. The fourth-order valence-corrected chi connectivity index (χ4v) is 4.74. The Morgan fingerprint density at radius 1 is 1.11 bits per heavy atom. The van der Waals surface area contributed by atoms with Crippen LogP contribution in [0.4, 0.5) is 10.3 Å². The lowest BCUT2D eigenvalue weighted by molar-refractivity contribution is 0.104. The van der Waals surface area contributed by atoms with Crippen LogP contribution in [0, 0.1) is 5.82 Å². The molecule has 0 bridgehead atoms. The molecule has 1 aliphatic rings. The Hall–Kier alpha value is -3.83. The number of hydrogen-bond acceptors (Lipinski definition) is 9. The van der Waals surface area contributed by atoms with Crippen molar-refractivity contribution < 1.29 is 19.0 Å². The van der Waals surface area contributed by atoms with Crippen molar-refractivity contribution >= 4 is 45.5 Å². The molecule has 2 N–H and O–H groups in total. The molecule has 5 rings (SSSR count). The Morgan fingerprint density at radius 2 is 1.92 bits per heavy atom. The molecule has 4 aromatic rings. The SMILES string of the molecule is O=C1/C(=C/c2cc(OCc3cnc(NCc4ccccn4)nc3)c(O)c(F)c2Br)Sc2ncccc21. The molecule has 3 aromatic heterocycles. The molecule has 0 atom stereocenters. The number of anilines is 1. The van der Waals surface area contributed by atoms with Crippen molar-refractivity contribution in [3.05, 3.63) is 98.8 Å². The highest BCUT2D eigenvalue weighted by molar-refractivity contribution is 9.10. The van der Waals surface area contributed by atoms with Gasteiger partial charge >= 0.3 is 0 Å². The molecule has 0 aliphatic carbocycles. The summed E-state index contributed by atoms with van der Waals surface area (Å²) in [7, 11) is 0. The van der Waals surface area contributed by atoms with Gasteiger partial charge in [0.25, 0.3) is 0 Å².